The second-order valence-electron chi connectivity index (χ2n) is 3.88. The highest BCUT2D eigenvalue weighted by atomic mass is 16.6. The topological polar surface area (TPSA) is 269 Å². The molecule has 9 N–H and O–H groups in total. The molecule has 0 aromatic rings. The summed E-state index contributed by atoms with van der Waals surface area (Å²) in [5, 5.41) is 22.8. The molecule has 15 nitrogen and oxygen atoms in total. The van der Waals surface area contributed by atoms with Gasteiger partial charge in [0.2, 0.25) is 0 Å². The fourth-order valence-electron chi connectivity index (χ4n) is 0.427. The van der Waals surface area contributed by atoms with Crippen LogP contribution < -0.4 is 17.2 Å². The molecule has 0 aliphatic rings. The molecule has 0 rings (SSSR count). The lowest BCUT2D eigenvalue weighted by atomic mass is 10.7. The molecule has 0 aromatic carbocycles. The number of nitrogens with two attached hydrogens (primary N) is 3. The Labute approximate surface area is 191 Å². The van der Waals surface area contributed by atoms with Crippen LogP contribution in [0.2, 0.25) is 0 Å². The zero-order chi connectivity index (χ0) is 27.8. The van der Waals surface area contributed by atoms with Crippen LogP contribution in [-0.2, 0) is 28.6 Å². The van der Waals surface area contributed by atoms with Gasteiger partial charge in [0.1, 0.15) is 0 Å². The van der Waals surface area contributed by atoms with E-state index in [9.17, 15) is 28.8 Å². The van der Waals surface area contributed by atoms with Gasteiger partial charge in [-0.25, -0.2) is 28.8 Å². The lowest BCUT2D eigenvalue weighted by Gasteiger charge is -1.89. The summed E-state index contributed by atoms with van der Waals surface area (Å²) in [5.74, 6) is -2.94. The van der Waals surface area contributed by atoms with E-state index in [1.807, 2.05) is 0 Å². The Morgan fingerprint density at radius 1 is 0.576 bits per heavy atom. The van der Waals surface area contributed by atoms with E-state index in [1.54, 1.807) is 20.8 Å². The van der Waals surface area contributed by atoms with Gasteiger partial charge in [-0.15, -0.1) is 0 Å². The number of carbonyl (C=O) groups is 6. The lowest BCUT2D eigenvalue weighted by molar-refractivity contribution is -0.132. The van der Waals surface area contributed by atoms with Crippen LogP contribution in [0.3, 0.4) is 0 Å². The van der Waals surface area contributed by atoms with E-state index in [0.717, 1.165) is 18.2 Å². The van der Waals surface area contributed by atoms with Crippen molar-refractivity contribution in [3.05, 3.63) is 38.0 Å². The molecule has 0 bridgehead atoms. The van der Waals surface area contributed by atoms with E-state index in [-0.39, 0.29) is 0 Å². The molecular formula is C18H33N3O12. The quantitative estimate of drug-likeness (QED) is 0.229. The highest BCUT2D eigenvalue weighted by molar-refractivity contribution is 5.79. The van der Waals surface area contributed by atoms with Crippen molar-refractivity contribution in [2.45, 2.75) is 20.8 Å². The summed E-state index contributed by atoms with van der Waals surface area (Å²) in [7, 11) is 0. The normalized spacial score (nSPS) is 7.00. The summed E-state index contributed by atoms with van der Waals surface area (Å²) >= 11 is 0. The number of primary amides is 3. The Morgan fingerprint density at radius 2 is 0.697 bits per heavy atom. The summed E-state index contributed by atoms with van der Waals surface area (Å²) < 4.78 is 12.5. The summed E-state index contributed by atoms with van der Waals surface area (Å²) in [5.41, 5.74) is 13.6. The molecule has 3 amide bonds. The van der Waals surface area contributed by atoms with E-state index in [2.05, 4.69) is 51.1 Å². The first-order chi connectivity index (χ1) is 15.1. The molecule has 0 saturated heterocycles. The van der Waals surface area contributed by atoms with Crippen molar-refractivity contribution in [1.82, 2.24) is 0 Å². The van der Waals surface area contributed by atoms with Crippen LogP contribution in [0.15, 0.2) is 38.0 Å². The molecule has 0 heterocycles. The SMILES string of the molecule is C=CC(=O)O.C=CC(=O)O.C=CC(=O)O.CCOC(N)=O.CCOC(N)=O.CCOC(N)=O. The number of carboxylic acids is 3. The average molecular weight is 483 g/mol. The molecule has 0 unspecified atom stereocenters. The summed E-state index contributed by atoms with van der Waals surface area (Å²) in [6.07, 6.45) is 0.368. The van der Waals surface area contributed by atoms with Gasteiger partial charge in [-0.3, -0.25) is 0 Å². The first-order valence-corrected chi connectivity index (χ1v) is 8.45. The number of carboxylic acid groups (broad SMARTS) is 3. The maximum absolute atomic E-state index is 9.60. The lowest BCUT2D eigenvalue weighted by Crippen LogP contribution is -2.11. The number of amides is 3. The van der Waals surface area contributed by atoms with Gasteiger partial charge in [-0.2, -0.15) is 0 Å². The molecule has 33 heavy (non-hydrogen) atoms. The minimum atomic E-state index is -0.981. The van der Waals surface area contributed by atoms with Crippen molar-refractivity contribution >= 4 is 36.2 Å². The van der Waals surface area contributed by atoms with Crippen LogP contribution in [0.5, 0.6) is 0 Å². The standard InChI is InChI=1S/3C3H7NO2.3C3H4O2/c3*1-2-6-3(4)5;3*1-2-3(4)5/h3*2H2,1H3,(H2,4,5);3*2H,1H2,(H,4,5). The number of hydrogen-bond acceptors (Lipinski definition) is 9. The second-order valence-corrected chi connectivity index (χ2v) is 3.88. The summed E-state index contributed by atoms with van der Waals surface area (Å²) in [6.45, 7) is 15.0. The van der Waals surface area contributed by atoms with Gasteiger partial charge in [0.15, 0.2) is 0 Å². The van der Waals surface area contributed by atoms with Gasteiger partial charge in [-0.1, -0.05) is 19.7 Å². The smallest absolute Gasteiger partial charge is 0.404 e. The fourth-order valence-corrected chi connectivity index (χ4v) is 0.427. The molecule has 0 atom stereocenters. The molecule has 15 heteroatoms. The number of ether oxygens (including phenoxy) is 3. The van der Waals surface area contributed by atoms with Crippen molar-refractivity contribution < 1.29 is 58.3 Å². The molecule has 0 saturated carbocycles. The van der Waals surface area contributed by atoms with E-state index < -0.39 is 36.2 Å². The molecule has 192 valence electrons. The molecule has 0 aromatic heterocycles. The third kappa shape index (κ3) is 163. The number of aliphatic carboxylic acids is 3. The van der Waals surface area contributed by atoms with Crippen LogP contribution in [0.25, 0.3) is 0 Å². The van der Waals surface area contributed by atoms with Gasteiger partial charge < -0.3 is 46.7 Å². The van der Waals surface area contributed by atoms with Gasteiger partial charge in [0, 0.05) is 18.2 Å². The van der Waals surface area contributed by atoms with E-state index >= 15 is 0 Å². The van der Waals surface area contributed by atoms with Gasteiger partial charge in [0.05, 0.1) is 19.8 Å². The number of carbonyl (C=O) groups excluding carboxylic acids is 3. The van der Waals surface area contributed by atoms with E-state index in [1.165, 1.54) is 0 Å². The molecule has 0 radical (unpaired) electrons. The third-order valence-corrected chi connectivity index (χ3v) is 1.38. The molecule has 0 fully saturated rings. The Hall–Kier alpha value is -4.56. The first-order valence-electron chi connectivity index (χ1n) is 8.45. The van der Waals surface area contributed by atoms with Gasteiger partial charge in [0.25, 0.3) is 0 Å². The zero-order valence-corrected chi connectivity index (χ0v) is 18.7. The Balaban J connectivity index is -0.0000000664. The Bertz CT molecular complexity index is 511. The largest absolute Gasteiger partial charge is 0.478 e. The minimum absolute atomic E-state index is 0.356. The van der Waals surface area contributed by atoms with Crippen molar-refractivity contribution in [2.75, 3.05) is 19.8 Å². The second kappa shape index (κ2) is 38.1. The van der Waals surface area contributed by atoms with Crippen molar-refractivity contribution in [1.29, 1.82) is 0 Å². The van der Waals surface area contributed by atoms with Crippen LogP contribution in [0.1, 0.15) is 20.8 Å². The third-order valence-electron chi connectivity index (χ3n) is 1.38. The van der Waals surface area contributed by atoms with Gasteiger partial charge >= 0.3 is 36.2 Å². The average Bonchev–Trinajstić information content (AvgIpc) is 2.69. The number of hydrogen-bond donors (Lipinski definition) is 6. The summed E-state index contributed by atoms with van der Waals surface area (Å²) in [4.78, 5) is 56.5. The predicted molar refractivity (Wildman–Crippen MR) is 117 cm³/mol. The predicted octanol–water partition coefficient (Wildman–Crippen LogP) is 1.08. The van der Waals surface area contributed by atoms with Crippen LogP contribution >= 0.6 is 0 Å². The van der Waals surface area contributed by atoms with Crippen LogP contribution in [0.4, 0.5) is 14.4 Å². The van der Waals surface area contributed by atoms with Crippen molar-refractivity contribution in [3.8, 4) is 0 Å². The van der Waals surface area contributed by atoms with Crippen LogP contribution in [0, 0.1) is 0 Å². The van der Waals surface area contributed by atoms with Crippen molar-refractivity contribution in [2.24, 2.45) is 17.2 Å². The van der Waals surface area contributed by atoms with Gasteiger partial charge in [-0.05, 0) is 20.8 Å². The maximum atomic E-state index is 9.60. The fraction of sp³-hybridized carbons (Fsp3) is 0.333. The van der Waals surface area contributed by atoms with E-state index in [0.29, 0.717) is 19.8 Å². The van der Waals surface area contributed by atoms with E-state index in [4.69, 9.17) is 15.3 Å². The highest BCUT2D eigenvalue weighted by Crippen LogP contribution is 1.67. The Morgan fingerprint density at radius 3 is 0.697 bits per heavy atom. The molecule has 0 aliphatic heterocycles. The molecular weight excluding hydrogens is 450 g/mol. The molecule has 0 aliphatic carbocycles. The summed E-state index contributed by atoms with van der Waals surface area (Å²) in [6, 6.07) is 0. The molecule has 0 spiro atoms. The monoisotopic (exact) mass is 483 g/mol. The maximum Gasteiger partial charge on any atom is 0.404 e. The minimum Gasteiger partial charge on any atom is -0.478 e. The van der Waals surface area contributed by atoms with Crippen LogP contribution in [-0.4, -0.2) is 71.3 Å². The highest BCUT2D eigenvalue weighted by Gasteiger charge is 1.83. The van der Waals surface area contributed by atoms with Crippen molar-refractivity contribution in [3.63, 3.8) is 0 Å². The Kier molecular flexibility index (Phi) is 49.1. The first kappa shape index (κ1) is 42.5. The number of rotatable bonds is 6. The zero-order valence-electron chi connectivity index (χ0n) is 18.7.